The number of carbonyl (C=O) groups is 1. The molecule has 0 heterocycles. The van der Waals surface area contributed by atoms with Crippen LogP contribution >= 0.6 is 11.8 Å². The van der Waals surface area contributed by atoms with Gasteiger partial charge in [0, 0.05) is 17.6 Å². The van der Waals surface area contributed by atoms with Crippen LogP contribution in [0.3, 0.4) is 0 Å². The monoisotopic (exact) mass is 259 g/mol. The second-order valence-electron chi connectivity index (χ2n) is 3.27. The number of nitro benzene ring substituents is 1. The third-order valence-electron chi connectivity index (χ3n) is 1.88. The number of carboxylic acid groups (broad SMARTS) is 1. The predicted molar refractivity (Wildman–Crippen MR) is 61.5 cm³/mol. The van der Waals surface area contributed by atoms with Gasteiger partial charge in [-0.25, -0.2) is 4.39 Å². The zero-order chi connectivity index (χ0) is 12.8. The first kappa shape index (κ1) is 13.4. The molecular weight excluding hydrogens is 249 g/mol. The number of nitrogens with zero attached hydrogens (tertiary/aromatic N) is 1. The molecule has 17 heavy (non-hydrogen) atoms. The zero-order valence-electron chi connectivity index (χ0n) is 8.76. The topological polar surface area (TPSA) is 80.4 Å². The second kappa shape index (κ2) is 6.19. The van der Waals surface area contributed by atoms with E-state index in [0.29, 0.717) is 17.1 Å². The highest BCUT2D eigenvalue weighted by atomic mass is 32.2. The first-order valence-electron chi connectivity index (χ1n) is 4.72. The maximum absolute atomic E-state index is 13.0. The molecule has 1 aromatic carbocycles. The van der Waals surface area contributed by atoms with E-state index in [1.807, 2.05) is 0 Å². The molecule has 92 valence electrons. The van der Waals surface area contributed by atoms with Gasteiger partial charge in [-0.1, -0.05) is 0 Å². The number of halogens is 1. The lowest BCUT2D eigenvalue weighted by atomic mass is 10.2. The zero-order valence-corrected chi connectivity index (χ0v) is 9.58. The average molecular weight is 259 g/mol. The Balaban J connectivity index is 2.59. The maximum atomic E-state index is 13.0. The van der Waals surface area contributed by atoms with Crippen molar-refractivity contribution in [2.45, 2.75) is 12.2 Å². The minimum atomic E-state index is -0.900. The van der Waals surface area contributed by atoms with E-state index < -0.39 is 16.7 Å². The van der Waals surface area contributed by atoms with Gasteiger partial charge in [-0.15, -0.1) is 0 Å². The highest BCUT2D eigenvalue weighted by molar-refractivity contribution is 7.98. The van der Waals surface area contributed by atoms with Crippen molar-refractivity contribution in [3.8, 4) is 0 Å². The number of nitro groups is 1. The molecular formula is C10H10FNO4S. The first-order chi connectivity index (χ1) is 7.99. The molecule has 7 heteroatoms. The van der Waals surface area contributed by atoms with E-state index in [4.69, 9.17) is 5.11 Å². The molecule has 0 fully saturated rings. The van der Waals surface area contributed by atoms with Gasteiger partial charge in [0.2, 0.25) is 0 Å². The smallest absolute Gasteiger partial charge is 0.304 e. The number of thioether (sulfide) groups is 1. The van der Waals surface area contributed by atoms with Crippen molar-refractivity contribution < 1.29 is 19.2 Å². The quantitative estimate of drug-likeness (QED) is 0.482. The number of carboxylic acids is 1. The Morgan fingerprint density at radius 2 is 2.18 bits per heavy atom. The molecule has 5 nitrogen and oxygen atoms in total. The fraction of sp³-hybridized carbons (Fsp3) is 0.300. The van der Waals surface area contributed by atoms with Crippen LogP contribution in [0.4, 0.5) is 10.1 Å². The van der Waals surface area contributed by atoms with Crippen LogP contribution in [-0.4, -0.2) is 21.8 Å². The molecule has 0 saturated carbocycles. The highest BCUT2D eigenvalue weighted by Gasteiger charge is 2.09. The Labute approximate surface area is 101 Å². The second-order valence-corrected chi connectivity index (χ2v) is 4.38. The SMILES string of the molecule is O=C(O)CCSCc1cc(F)cc([N+](=O)[O-])c1. The fourth-order valence-electron chi connectivity index (χ4n) is 1.17. The van der Waals surface area contributed by atoms with Crippen molar-refractivity contribution in [3.05, 3.63) is 39.7 Å². The number of benzene rings is 1. The van der Waals surface area contributed by atoms with E-state index >= 15 is 0 Å². The van der Waals surface area contributed by atoms with E-state index in [1.54, 1.807) is 0 Å². The molecule has 1 N–H and O–H groups in total. The van der Waals surface area contributed by atoms with Crippen LogP contribution in [0.5, 0.6) is 0 Å². The van der Waals surface area contributed by atoms with Gasteiger partial charge in [-0.3, -0.25) is 14.9 Å². The van der Waals surface area contributed by atoms with Gasteiger partial charge in [0.05, 0.1) is 17.4 Å². The summed E-state index contributed by atoms with van der Waals surface area (Å²) in [4.78, 5) is 20.1. The third-order valence-corrected chi connectivity index (χ3v) is 2.91. The molecule has 0 radical (unpaired) electrons. The van der Waals surface area contributed by atoms with Gasteiger partial charge in [0.25, 0.3) is 5.69 Å². The van der Waals surface area contributed by atoms with E-state index in [-0.39, 0.29) is 12.1 Å². The van der Waals surface area contributed by atoms with Crippen molar-refractivity contribution in [1.29, 1.82) is 0 Å². The summed E-state index contributed by atoms with van der Waals surface area (Å²) in [5, 5.41) is 18.9. The van der Waals surface area contributed by atoms with E-state index in [1.165, 1.54) is 23.9 Å². The summed E-state index contributed by atoms with van der Waals surface area (Å²) < 4.78 is 13.0. The summed E-state index contributed by atoms with van der Waals surface area (Å²) in [5.74, 6) is -0.818. The lowest BCUT2D eigenvalue weighted by Gasteiger charge is -2.01. The third kappa shape index (κ3) is 4.81. The number of hydrogen-bond donors (Lipinski definition) is 1. The van der Waals surface area contributed by atoms with Gasteiger partial charge in [0.15, 0.2) is 0 Å². The number of hydrogen-bond acceptors (Lipinski definition) is 4. The highest BCUT2D eigenvalue weighted by Crippen LogP contribution is 2.20. The Morgan fingerprint density at radius 1 is 1.47 bits per heavy atom. The van der Waals surface area contributed by atoms with Crippen LogP contribution < -0.4 is 0 Å². The minimum absolute atomic E-state index is 0.0159. The molecule has 0 spiro atoms. The Hall–Kier alpha value is -1.63. The molecule has 0 bridgehead atoms. The Bertz CT molecular complexity index is 438. The molecule has 0 aliphatic heterocycles. The molecule has 0 aromatic heterocycles. The molecule has 0 saturated heterocycles. The normalized spacial score (nSPS) is 10.2. The summed E-state index contributed by atoms with van der Waals surface area (Å²) in [7, 11) is 0. The van der Waals surface area contributed by atoms with Crippen molar-refractivity contribution in [1.82, 2.24) is 0 Å². The number of non-ortho nitro benzene ring substituents is 1. The summed E-state index contributed by atoms with van der Waals surface area (Å²) in [6, 6.07) is 3.35. The molecule has 0 aliphatic carbocycles. The lowest BCUT2D eigenvalue weighted by Crippen LogP contribution is -1.97. The summed E-state index contributed by atoms with van der Waals surface area (Å²) >= 11 is 1.29. The van der Waals surface area contributed by atoms with Crippen molar-refractivity contribution >= 4 is 23.4 Å². The lowest BCUT2D eigenvalue weighted by molar-refractivity contribution is -0.385. The van der Waals surface area contributed by atoms with Crippen LogP contribution in [0, 0.1) is 15.9 Å². The standard InChI is InChI=1S/C10H10FNO4S/c11-8-3-7(4-9(5-8)12(15)16)6-17-2-1-10(13)14/h3-5H,1-2,6H2,(H,13,14). The first-order valence-corrected chi connectivity index (χ1v) is 5.88. The van der Waals surface area contributed by atoms with Gasteiger partial charge in [0.1, 0.15) is 5.82 Å². The summed E-state index contributed by atoms with van der Waals surface area (Å²) in [6.07, 6.45) is 0.0159. The largest absolute Gasteiger partial charge is 0.481 e. The van der Waals surface area contributed by atoms with Gasteiger partial charge in [-0.05, 0) is 11.6 Å². The number of aliphatic carboxylic acids is 1. The molecule has 0 amide bonds. The van der Waals surface area contributed by atoms with Crippen molar-refractivity contribution in [2.24, 2.45) is 0 Å². The Morgan fingerprint density at radius 3 is 2.76 bits per heavy atom. The molecule has 0 unspecified atom stereocenters. The van der Waals surface area contributed by atoms with Crippen LogP contribution in [0.1, 0.15) is 12.0 Å². The van der Waals surface area contributed by atoms with Crippen LogP contribution in [0.25, 0.3) is 0 Å². The Kier molecular flexibility index (Phi) is 4.89. The van der Waals surface area contributed by atoms with Crippen LogP contribution in [-0.2, 0) is 10.5 Å². The molecule has 0 atom stereocenters. The van der Waals surface area contributed by atoms with E-state index in [2.05, 4.69) is 0 Å². The number of rotatable bonds is 6. The van der Waals surface area contributed by atoms with Gasteiger partial charge < -0.3 is 5.11 Å². The van der Waals surface area contributed by atoms with E-state index in [0.717, 1.165) is 6.07 Å². The van der Waals surface area contributed by atoms with Crippen LogP contribution in [0.15, 0.2) is 18.2 Å². The van der Waals surface area contributed by atoms with Gasteiger partial charge in [-0.2, -0.15) is 11.8 Å². The average Bonchev–Trinajstić information content (AvgIpc) is 2.23. The summed E-state index contributed by atoms with van der Waals surface area (Å²) in [6.45, 7) is 0. The predicted octanol–water partition coefficient (Wildman–Crippen LogP) is 2.44. The minimum Gasteiger partial charge on any atom is -0.481 e. The van der Waals surface area contributed by atoms with Crippen LogP contribution in [0.2, 0.25) is 0 Å². The molecule has 0 aliphatic rings. The fourth-order valence-corrected chi connectivity index (χ4v) is 2.04. The van der Waals surface area contributed by atoms with E-state index in [9.17, 15) is 19.3 Å². The maximum Gasteiger partial charge on any atom is 0.304 e. The molecule has 1 rings (SSSR count). The van der Waals surface area contributed by atoms with Gasteiger partial charge >= 0.3 is 5.97 Å². The molecule has 1 aromatic rings. The van der Waals surface area contributed by atoms with Crippen molar-refractivity contribution in [3.63, 3.8) is 0 Å². The van der Waals surface area contributed by atoms with Crippen molar-refractivity contribution in [2.75, 3.05) is 5.75 Å². The summed E-state index contributed by atoms with van der Waals surface area (Å²) in [5.41, 5.74) is 0.186.